The van der Waals surface area contributed by atoms with Crippen molar-refractivity contribution < 1.29 is 14.3 Å². The first kappa shape index (κ1) is 18.0. The summed E-state index contributed by atoms with van der Waals surface area (Å²) >= 11 is 0. The summed E-state index contributed by atoms with van der Waals surface area (Å²) in [7, 11) is 0. The highest BCUT2D eigenvalue weighted by atomic mass is 16.6. The van der Waals surface area contributed by atoms with Crippen LogP contribution in [0.15, 0.2) is 18.5 Å². The van der Waals surface area contributed by atoms with Crippen LogP contribution in [-0.4, -0.2) is 54.2 Å². The minimum absolute atomic E-state index is 0.106. The van der Waals surface area contributed by atoms with E-state index >= 15 is 0 Å². The van der Waals surface area contributed by atoms with Gasteiger partial charge in [0, 0.05) is 38.1 Å². The summed E-state index contributed by atoms with van der Waals surface area (Å²) in [6.45, 7) is 6.21. The van der Waals surface area contributed by atoms with Crippen LogP contribution in [-0.2, 0) is 4.74 Å². The number of anilines is 1. The van der Waals surface area contributed by atoms with Gasteiger partial charge in [0.2, 0.25) is 0 Å². The topological polar surface area (TPSA) is 83.6 Å². The van der Waals surface area contributed by atoms with Crippen molar-refractivity contribution in [3.63, 3.8) is 0 Å². The third kappa shape index (κ3) is 5.11. The summed E-state index contributed by atoms with van der Waals surface area (Å²) in [5.74, 6) is -0.106. The molecule has 0 bridgehead atoms. The second-order valence-electron chi connectivity index (χ2n) is 5.82. The van der Waals surface area contributed by atoms with E-state index in [0.29, 0.717) is 31.8 Å². The molecule has 2 amide bonds. The monoisotopic (exact) mass is 334 g/mol. The molecule has 0 radical (unpaired) electrons. The number of hydrogen-bond acceptors (Lipinski definition) is 5. The number of rotatable bonds is 6. The van der Waals surface area contributed by atoms with E-state index in [4.69, 9.17) is 4.74 Å². The van der Waals surface area contributed by atoms with Gasteiger partial charge in [-0.1, -0.05) is 6.92 Å². The van der Waals surface area contributed by atoms with E-state index < -0.39 is 0 Å². The van der Waals surface area contributed by atoms with Crippen molar-refractivity contribution in [2.24, 2.45) is 0 Å². The molecule has 2 rings (SSSR count). The van der Waals surface area contributed by atoms with Crippen LogP contribution in [0.2, 0.25) is 0 Å². The molecular weight excluding hydrogens is 308 g/mol. The van der Waals surface area contributed by atoms with Crippen LogP contribution in [0.5, 0.6) is 0 Å². The summed E-state index contributed by atoms with van der Waals surface area (Å²) in [5, 5.41) is 6.25. The molecule has 7 heteroatoms. The van der Waals surface area contributed by atoms with Gasteiger partial charge in [0.15, 0.2) is 0 Å². The molecule has 1 saturated heterocycles. The van der Waals surface area contributed by atoms with E-state index in [-0.39, 0.29) is 18.0 Å². The number of carbonyl (C=O) groups is 2. The SMILES string of the molecule is CCCNC(=O)c1cncc(NC2CCN(C(=O)OCC)CC2)c1. The highest BCUT2D eigenvalue weighted by Crippen LogP contribution is 2.17. The van der Waals surface area contributed by atoms with Gasteiger partial charge in [0.25, 0.3) is 5.91 Å². The number of amides is 2. The maximum Gasteiger partial charge on any atom is 0.409 e. The third-order valence-corrected chi connectivity index (χ3v) is 3.93. The first-order valence-corrected chi connectivity index (χ1v) is 8.55. The molecule has 1 aromatic rings. The lowest BCUT2D eigenvalue weighted by molar-refractivity contribution is 0.0950. The predicted molar refractivity (Wildman–Crippen MR) is 92.1 cm³/mol. The molecule has 0 aliphatic carbocycles. The fourth-order valence-electron chi connectivity index (χ4n) is 2.64. The Labute approximate surface area is 142 Å². The Kier molecular flexibility index (Phi) is 6.84. The predicted octanol–water partition coefficient (Wildman–Crippen LogP) is 2.25. The molecule has 0 aromatic carbocycles. The largest absolute Gasteiger partial charge is 0.450 e. The maximum absolute atomic E-state index is 12.0. The molecule has 0 atom stereocenters. The number of nitrogens with one attached hydrogen (secondary N) is 2. The molecule has 1 aliphatic heterocycles. The van der Waals surface area contributed by atoms with Gasteiger partial charge in [0.1, 0.15) is 0 Å². The van der Waals surface area contributed by atoms with Crippen molar-refractivity contribution in [3.8, 4) is 0 Å². The number of piperidine rings is 1. The first-order valence-electron chi connectivity index (χ1n) is 8.55. The van der Waals surface area contributed by atoms with Crippen LogP contribution in [0.25, 0.3) is 0 Å². The standard InChI is InChI=1S/C17H26N4O3/c1-3-7-19-16(22)13-10-15(12-18-11-13)20-14-5-8-21(9-6-14)17(23)24-4-2/h10-12,14,20H,3-9H2,1-2H3,(H,19,22). The molecule has 24 heavy (non-hydrogen) atoms. The van der Waals surface area contributed by atoms with Crippen LogP contribution >= 0.6 is 0 Å². The van der Waals surface area contributed by atoms with Gasteiger partial charge in [-0.2, -0.15) is 0 Å². The molecule has 0 spiro atoms. The molecule has 0 saturated carbocycles. The van der Waals surface area contributed by atoms with E-state index in [1.807, 2.05) is 19.9 Å². The zero-order chi connectivity index (χ0) is 17.4. The van der Waals surface area contributed by atoms with Crippen LogP contribution in [0.1, 0.15) is 43.5 Å². The summed E-state index contributed by atoms with van der Waals surface area (Å²) in [6, 6.07) is 2.07. The van der Waals surface area contributed by atoms with Gasteiger partial charge in [-0.25, -0.2) is 4.79 Å². The highest BCUT2D eigenvalue weighted by Gasteiger charge is 2.23. The van der Waals surface area contributed by atoms with Crippen molar-refractivity contribution in [2.45, 2.75) is 39.2 Å². The summed E-state index contributed by atoms with van der Waals surface area (Å²) in [4.78, 5) is 29.6. The van der Waals surface area contributed by atoms with Crippen molar-refractivity contribution in [1.82, 2.24) is 15.2 Å². The lowest BCUT2D eigenvalue weighted by atomic mass is 10.1. The van der Waals surface area contributed by atoms with Crippen molar-refractivity contribution in [1.29, 1.82) is 0 Å². The van der Waals surface area contributed by atoms with E-state index in [1.165, 1.54) is 0 Å². The molecular formula is C17H26N4O3. The zero-order valence-corrected chi connectivity index (χ0v) is 14.4. The van der Waals surface area contributed by atoms with E-state index in [1.54, 1.807) is 17.3 Å². The minimum atomic E-state index is -0.243. The first-order chi connectivity index (χ1) is 11.6. The number of aromatic nitrogens is 1. The molecule has 1 aromatic heterocycles. The molecule has 0 unspecified atom stereocenters. The Balaban J connectivity index is 1.86. The Morgan fingerprint density at radius 3 is 2.71 bits per heavy atom. The van der Waals surface area contributed by atoms with Crippen LogP contribution in [0.3, 0.4) is 0 Å². The van der Waals surface area contributed by atoms with E-state index in [0.717, 1.165) is 24.9 Å². The lowest BCUT2D eigenvalue weighted by Crippen LogP contribution is -2.42. The quantitative estimate of drug-likeness (QED) is 0.834. The zero-order valence-electron chi connectivity index (χ0n) is 14.4. The van der Waals surface area contributed by atoms with Crippen LogP contribution in [0, 0.1) is 0 Å². The molecule has 1 fully saturated rings. The molecule has 7 nitrogen and oxygen atoms in total. The Bertz CT molecular complexity index is 557. The minimum Gasteiger partial charge on any atom is -0.450 e. The number of nitrogens with zero attached hydrogens (tertiary/aromatic N) is 2. The summed E-state index contributed by atoms with van der Waals surface area (Å²) in [5.41, 5.74) is 1.38. The Hall–Kier alpha value is -2.31. The highest BCUT2D eigenvalue weighted by molar-refractivity contribution is 5.94. The third-order valence-electron chi connectivity index (χ3n) is 3.93. The smallest absolute Gasteiger partial charge is 0.409 e. The molecule has 132 valence electrons. The number of likely N-dealkylation sites (tertiary alicyclic amines) is 1. The lowest BCUT2D eigenvalue weighted by Gasteiger charge is -2.32. The van der Waals surface area contributed by atoms with E-state index in [9.17, 15) is 9.59 Å². The Morgan fingerprint density at radius 2 is 2.04 bits per heavy atom. The maximum atomic E-state index is 12.0. The number of hydrogen-bond donors (Lipinski definition) is 2. The number of pyridine rings is 1. The summed E-state index contributed by atoms with van der Waals surface area (Å²) < 4.78 is 5.02. The fourth-order valence-corrected chi connectivity index (χ4v) is 2.64. The molecule has 1 aliphatic rings. The van der Waals surface area contributed by atoms with Crippen molar-refractivity contribution >= 4 is 17.7 Å². The van der Waals surface area contributed by atoms with Gasteiger partial charge in [-0.3, -0.25) is 9.78 Å². The van der Waals surface area contributed by atoms with Gasteiger partial charge in [-0.15, -0.1) is 0 Å². The van der Waals surface area contributed by atoms with Crippen LogP contribution < -0.4 is 10.6 Å². The van der Waals surface area contributed by atoms with Gasteiger partial charge >= 0.3 is 6.09 Å². The van der Waals surface area contributed by atoms with Crippen molar-refractivity contribution in [3.05, 3.63) is 24.0 Å². The van der Waals surface area contributed by atoms with E-state index in [2.05, 4.69) is 15.6 Å². The Morgan fingerprint density at radius 1 is 1.29 bits per heavy atom. The fraction of sp³-hybridized carbons (Fsp3) is 0.588. The average Bonchev–Trinajstić information content (AvgIpc) is 2.60. The van der Waals surface area contributed by atoms with Gasteiger partial charge < -0.3 is 20.3 Å². The normalized spacial score (nSPS) is 15.0. The molecule has 2 heterocycles. The molecule has 2 N–H and O–H groups in total. The van der Waals surface area contributed by atoms with Gasteiger partial charge in [0.05, 0.1) is 17.9 Å². The second-order valence-corrected chi connectivity index (χ2v) is 5.82. The van der Waals surface area contributed by atoms with Crippen molar-refractivity contribution in [2.75, 3.05) is 31.6 Å². The number of ether oxygens (including phenoxy) is 1. The average molecular weight is 334 g/mol. The van der Waals surface area contributed by atoms with Crippen LogP contribution in [0.4, 0.5) is 10.5 Å². The van der Waals surface area contributed by atoms with Gasteiger partial charge in [-0.05, 0) is 32.3 Å². The second kappa shape index (κ2) is 9.10. The number of carbonyl (C=O) groups excluding carboxylic acids is 2. The summed E-state index contributed by atoms with van der Waals surface area (Å²) in [6.07, 6.45) is 5.62.